The third-order valence-corrected chi connectivity index (χ3v) is 2.70. The molecular weight excluding hydrogens is 194 g/mol. The normalized spacial score (nSPS) is 10.5. The Bertz CT molecular complexity index is 609. The van der Waals surface area contributed by atoms with E-state index in [2.05, 4.69) is 53.5 Å². The van der Waals surface area contributed by atoms with Gasteiger partial charge in [0.15, 0.2) is 0 Å². The molecule has 75 valence electrons. The third-order valence-electron chi connectivity index (χ3n) is 2.70. The zero-order valence-corrected chi connectivity index (χ0v) is 8.72. The summed E-state index contributed by atoms with van der Waals surface area (Å²) in [6.45, 7) is 0. The first-order valence-corrected chi connectivity index (χ1v) is 5.24. The van der Waals surface area contributed by atoms with Crippen LogP contribution in [-0.2, 0) is 0 Å². The second-order valence-corrected chi connectivity index (χ2v) is 3.70. The van der Waals surface area contributed by atoms with Crippen molar-refractivity contribution in [3.63, 3.8) is 0 Å². The van der Waals surface area contributed by atoms with Crippen LogP contribution in [0.5, 0.6) is 0 Å². The van der Waals surface area contributed by atoms with E-state index < -0.39 is 0 Å². The predicted octanol–water partition coefficient (Wildman–Crippen LogP) is 3.70. The Morgan fingerprint density at radius 1 is 0.938 bits per heavy atom. The van der Waals surface area contributed by atoms with Gasteiger partial charge in [0, 0.05) is 24.0 Å². The summed E-state index contributed by atoms with van der Waals surface area (Å²) in [6, 6.07) is 19.7. The van der Waals surface area contributed by atoms with Crippen LogP contribution in [-0.4, -0.2) is 4.98 Å². The lowest BCUT2D eigenvalue weighted by molar-refractivity contribution is 1.33. The van der Waals surface area contributed by atoms with E-state index in [1.807, 2.05) is 12.3 Å². The molecule has 1 radical (unpaired) electrons. The average Bonchev–Trinajstić information content (AvgIpc) is 2.39. The number of rotatable bonds is 1. The summed E-state index contributed by atoms with van der Waals surface area (Å²) in [5.41, 5.74) is 2.32. The number of fused-ring (bicyclic) bond motifs is 1. The highest BCUT2D eigenvalue weighted by atomic mass is 14.6. The summed E-state index contributed by atoms with van der Waals surface area (Å²) in [7, 11) is 0. The molecule has 1 aromatic heterocycles. The highest BCUT2D eigenvalue weighted by molar-refractivity contribution is 5.96. The summed E-state index contributed by atoms with van der Waals surface area (Å²) < 4.78 is 0. The van der Waals surface area contributed by atoms with Gasteiger partial charge in [-0.15, -0.1) is 0 Å². The maximum Gasteiger partial charge on any atom is 0.0347 e. The number of pyridine rings is 1. The van der Waals surface area contributed by atoms with Crippen molar-refractivity contribution in [2.45, 2.75) is 0 Å². The van der Waals surface area contributed by atoms with Crippen LogP contribution >= 0.6 is 0 Å². The molecule has 3 aromatic rings. The highest BCUT2D eigenvalue weighted by Gasteiger charge is 2.01. The summed E-state index contributed by atoms with van der Waals surface area (Å²) in [5.74, 6) is 0. The molecule has 0 aliphatic heterocycles. The zero-order valence-electron chi connectivity index (χ0n) is 8.72. The molecule has 0 fully saturated rings. The Morgan fingerprint density at radius 3 is 2.69 bits per heavy atom. The molecule has 1 nitrogen and oxygen atoms in total. The molecule has 2 aromatic carbocycles. The molecule has 16 heavy (non-hydrogen) atoms. The first kappa shape index (κ1) is 9.10. The maximum atomic E-state index is 4.11. The van der Waals surface area contributed by atoms with E-state index in [-0.39, 0.29) is 0 Å². The van der Waals surface area contributed by atoms with Gasteiger partial charge in [-0.25, -0.2) is 0 Å². The molecule has 1 heterocycles. The van der Waals surface area contributed by atoms with Gasteiger partial charge in [-0.05, 0) is 22.4 Å². The van der Waals surface area contributed by atoms with Crippen molar-refractivity contribution < 1.29 is 0 Å². The topological polar surface area (TPSA) is 12.9 Å². The summed E-state index contributed by atoms with van der Waals surface area (Å²) in [5, 5.41) is 2.51. The monoisotopic (exact) mass is 204 g/mol. The van der Waals surface area contributed by atoms with Crippen molar-refractivity contribution in [2.75, 3.05) is 0 Å². The Morgan fingerprint density at radius 2 is 1.81 bits per heavy atom. The van der Waals surface area contributed by atoms with Gasteiger partial charge in [0.05, 0.1) is 0 Å². The van der Waals surface area contributed by atoms with Crippen LogP contribution in [0.4, 0.5) is 0 Å². The van der Waals surface area contributed by atoms with Gasteiger partial charge >= 0.3 is 0 Å². The van der Waals surface area contributed by atoms with E-state index in [0.717, 1.165) is 5.56 Å². The fraction of sp³-hybridized carbons (Fsp3) is 0. The molecule has 0 amide bonds. The van der Waals surface area contributed by atoms with Crippen molar-refractivity contribution in [1.29, 1.82) is 0 Å². The summed E-state index contributed by atoms with van der Waals surface area (Å²) >= 11 is 0. The minimum absolute atomic E-state index is 1.11. The molecule has 0 saturated carbocycles. The van der Waals surface area contributed by atoms with Crippen LogP contribution in [0, 0.1) is 6.07 Å². The van der Waals surface area contributed by atoms with Crippen LogP contribution in [0.25, 0.3) is 21.9 Å². The van der Waals surface area contributed by atoms with Gasteiger partial charge in [-0.2, -0.15) is 0 Å². The Hall–Kier alpha value is -2.15. The van der Waals surface area contributed by atoms with Crippen LogP contribution in [0.1, 0.15) is 0 Å². The van der Waals surface area contributed by atoms with Crippen LogP contribution in [0.2, 0.25) is 0 Å². The lowest BCUT2D eigenvalue weighted by Crippen LogP contribution is -1.81. The van der Waals surface area contributed by atoms with Gasteiger partial charge in [0.2, 0.25) is 0 Å². The van der Waals surface area contributed by atoms with E-state index in [1.54, 1.807) is 6.20 Å². The molecule has 1 heteroatoms. The van der Waals surface area contributed by atoms with Gasteiger partial charge in [0.1, 0.15) is 0 Å². The van der Waals surface area contributed by atoms with Crippen molar-refractivity contribution in [3.8, 4) is 11.1 Å². The quantitative estimate of drug-likeness (QED) is 0.589. The van der Waals surface area contributed by atoms with E-state index >= 15 is 0 Å². The number of benzene rings is 2. The number of aromatic nitrogens is 1. The Kier molecular flexibility index (Phi) is 2.15. The minimum atomic E-state index is 1.11. The van der Waals surface area contributed by atoms with E-state index in [9.17, 15) is 0 Å². The van der Waals surface area contributed by atoms with Crippen molar-refractivity contribution in [1.82, 2.24) is 4.98 Å². The average molecular weight is 204 g/mol. The summed E-state index contributed by atoms with van der Waals surface area (Å²) in [4.78, 5) is 4.11. The van der Waals surface area contributed by atoms with Crippen LogP contribution in [0.3, 0.4) is 0 Å². The van der Waals surface area contributed by atoms with Gasteiger partial charge < -0.3 is 0 Å². The van der Waals surface area contributed by atoms with Gasteiger partial charge in [0.25, 0.3) is 0 Å². The second kappa shape index (κ2) is 3.78. The first-order chi connectivity index (χ1) is 7.95. The largest absolute Gasteiger partial charge is 0.263 e. The highest BCUT2D eigenvalue weighted by Crippen LogP contribution is 2.27. The van der Waals surface area contributed by atoms with E-state index in [0.29, 0.717) is 0 Å². The maximum absolute atomic E-state index is 4.11. The molecule has 0 unspecified atom stereocenters. The van der Waals surface area contributed by atoms with E-state index in [1.165, 1.54) is 16.3 Å². The number of hydrogen-bond acceptors (Lipinski definition) is 1. The molecule has 0 saturated heterocycles. The molecule has 0 N–H and O–H groups in total. The molecule has 3 rings (SSSR count). The second-order valence-electron chi connectivity index (χ2n) is 3.70. The standard InChI is InChI=1S/C15H10N/c1-2-8-14-12(5-1)6-3-9-15(14)13-7-4-10-16-11-13/h1-3,5-11H. The smallest absolute Gasteiger partial charge is 0.0347 e. The predicted molar refractivity (Wildman–Crippen MR) is 66.0 cm³/mol. The van der Waals surface area contributed by atoms with Gasteiger partial charge in [-0.3, -0.25) is 4.98 Å². The zero-order chi connectivity index (χ0) is 10.8. The molecule has 0 spiro atoms. The number of nitrogens with zero attached hydrogens (tertiary/aromatic N) is 1. The Balaban J connectivity index is 2.32. The molecular formula is C15H10N. The molecule has 0 aliphatic rings. The lowest BCUT2D eigenvalue weighted by atomic mass is 10.00. The minimum Gasteiger partial charge on any atom is -0.263 e. The fourth-order valence-corrected chi connectivity index (χ4v) is 1.95. The van der Waals surface area contributed by atoms with Gasteiger partial charge in [-0.1, -0.05) is 42.5 Å². The molecule has 0 atom stereocenters. The molecule has 0 aliphatic carbocycles. The summed E-state index contributed by atoms with van der Waals surface area (Å²) in [6.07, 6.45) is 3.55. The Labute approximate surface area is 94.4 Å². The van der Waals surface area contributed by atoms with Crippen molar-refractivity contribution in [3.05, 3.63) is 67.0 Å². The number of hydrogen-bond donors (Lipinski definition) is 0. The lowest BCUT2D eigenvalue weighted by Gasteiger charge is -2.05. The van der Waals surface area contributed by atoms with Crippen molar-refractivity contribution >= 4 is 10.8 Å². The SMILES string of the molecule is [c]1cncc(-c2cccc3ccccc23)c1. The first-order valence-electron chi connectivity index (χ1n) is 5.24. The van der Waals surface area contributed by atoms with E-state index in [4.69, 9.17) is 0 Å². The van der Waals surface area contributed by atoms with Crippen LogP contribution in [0.15, 0.2) is 60.9 Å². The molecule has 0 bridgehead atoms. The third kappa shape index (κ3) is 1.47. The van der Waals surface area contributed by atoms with Crippen LogP contribution < -0.4 is 0 Å². The fourth-order valence-electron chi connectivity index (χ4n) is 1.95. The van der Waals surface area contributed by atoms with Crippen molar-refractivity contribution in [2.24, 2.45) is 0 Å².